The molecule has 0 fully saturated rings. The van der Waals surface area contributed by atoms with Gasteiger partial charge in [-0.25, -0.2) is 0 Å². The van der Waals surface area contributed by atoms with E-state index in [2.05, 4.69) is 30.6 Å². The standard InChI is InChI=1S/C14H24N2O2/c1-5-15-13(17)14(18)16-10-9-12(4)8-6-7-11(2)3/h7,9H,5-6,8,10H2,1-4H3,(H,15,17)(H,16,18). The molecule has 0 rings (SSSR count). The van der Waals surface area contributed by atoms with Crippen LogP contribution in [0.25, 0.3) is 0 Å². The van der Waals surface area contributed by atoms with Gasteiger partial charge < -0.3 is 10.6 Å². The number of rotatable bonds is 6. The number of carbonyl (C=O) groups excluding carboxylic acids is 2. The third-order valence-corrected chi connectivity index (χ3v) is 2.35. The van der Waals surface area contributed by atoms with Crippen LogP contribution in [0.5, 0.6) is 0 Å². The zero-order valence-corrected chi connectivity index (χ0v) is 11.8. The van der Waals surface area contributed by atoms with Gasteiger partial charge in [0.2, 0.25) is 0 Å². The van der Waals surface area contributed by atoms with Crippen molar-refractivity contribution in [3.8, 4) is 0 Å². The molecule has 0 spiro atoms. The van der Waals surface area contributed by atoms with Crippen LogP contribution < -0.4 is 10.6 Å². The molecule has 0 saturated heterocycles. The quantitative estimate of drug-likeness (QED) is 0.560. The van der Waals surface area contributed by atoms with E-state index in [4.69, 9.17) is 0 Å². The van der Waals surface area contributed by atoms with Crippen LogP contribution in [0, 0.1) is 0 Å². The molecule has 0 atom stereocenters. The second kappa shape index (κ2) is 9.45. The van der Waals surface area contributed by atoms with Crippen LogP contribution in [0.15, 0.2) is 23.3 Å². The fourth-order valence-electron chi connectivity index (χ4n) is 1.33. The summed E-state index contributed by atoms with van der Waals surface area (Å²) in [5.74, 6) is -1.15. The summed E-state index contributed by atoms with van der Waals surface area (Å²) < 4.78 is 0. The number of likely N-dealkylation sites (N-methyl/N-ethyl adjacent to an activating group) is 1. The summed E-state index contributed by atoms with van der Waals surface area (Å²) in [6.07, 6.45) is 6.11. The number of hydrogen-bond donors (Lipinski definition) is 2. The topological polar surface area (TPSA) is 58.2 Å². The van der Waals surface area contributed by atoms with Gasteiger partial charge in [-0.05, 0) is 40.5 Å². The summed E-state index contributed by atoms with van der Waals surface area (Å²) in [7, 11) is 0. The highest BCUT2D eigenvalue weighted by Gasteiger charge is 2.09. The first kappa shape index (κ1) is 16.4. The predicted octanol–water partition coefficient (Wildman–Crippen LogP) is 1.93. The summed E-state index contributed by atoms with van der Waals surface area (Å²) in [5, 5.41) is 5.01. The van der Waals surface area contributed by atoms with Crippen LogP contribution in [0.2, 0.25) is 0 Å². The van der Waals surface area contributed by atoms with E-state index in [0.29, 0.717) is 13.1 Å². The molecule has 2 N–H and O–H groups in total. The van der Waals surface area contributed by atoms with Crippen molar-refractivity contribution < 1.29 is 9.59 Å². The van der Waals surface area contributed by atoms with Gasteiger partial charge in [-0.2, -0.15) is 0 Å². The largest absolute Gasteiger partial charge is 0.348 e. The normalized spacial score (nSPS) is 10.8. The van der Waals surface area contributed by atoms with Crippen LogP contribution in [-0.2, 0) is 9.59 Å². The minimum absolute atomic E-state index is 0.399. The molecule has 0 aromatic rings. The third kappa shape index (κ3) is 8.56. The smallest absolute Gasteiger partial charge is 0.309 e. The molecule has 0 aliphatic rings. The first-order chi connectivity index (χ1) is 8.47. The molecule has 102 valence electrons. The molecule has 0 aliphatic carbocycles. The Balaban J connectivity index is 3.90. The second-order valence-corrected chi connectivity index (χ2v) is 4.44. The van der Waals surface area contributed by atoms with Gasteiger partial charge in [-0.1, -0.05) is 23.3 Å². The maximum absolute atomic E-state index is 11.3. The van der Waals surface area contributed by atoms with Gasteiger partial charge in [0.05, 0.1) is 0 Å². The Bertz CT molecular complexity index is 340. The molecule has 4 nitrogen and oxygen atoms in total. The van der Waals surface area contributed by atoms with Crippen LogP contribution in [-0.4, -0.2) is 24.9 Å². The zero-order valence-electron chi connectivity index (χ0n) is 11.8. The van der Waals surface area contributed by atoms with Crippen molar-refractivity contribution in [1.82, 2.24) is 10.6 Å². The summed E-state index contributed by atoms with van der Waals surface area (Å²) >= 11 is 0. The van der Waals surface area contributed by atoms with Gasteiger partial charge in [-0.15, -0.1) is 0 Å². The summed E-state index contributed by atoms with van der Waals surface area (Å²) in [6.45, 7) is 8.81. The van der Waals surface area contributed by atoms with Crippen molar-refractivity contribution >= 4 is 11.8 Å². The van der Waals surface area contributed by atoms with Gasteiger partial charge >= 0.3 is 11.8 Å². The molecule has 0 bridgehead atoms. The third-order valence-electron chi connectivity index (χ3n) is 2.35. The van der Waals surface area contributed by atoms with E-state index in [1.807, 2.05) is 13.0 Å². The highest BCUT2D eigenvalue weighted by atomic mass is 16.2. The van der Waals surface area contributed by atoms with E-state index in [9.17, 15) is 9.59 Å². The Kier molecular flexibility index (Phi) is 8.62. The maximum Gasteiger partial charge on any atom is 0.309 e. The molecule has 4 heteroatoms. The Morgan fingerprint density at radius 1 is 1.00 bits per heavy atom. The molecule has 0 unspecified atom stereocenters. The number of hydrogen-bond acceptors (Lipinski definition) is 2. The van der Waals surface area contributed by atoms with Crippen LogP contribution >= 0.6 is 0 Å². The molecule has 0 aromatic carbocycles. The highest BCUT2D eigenvalue weighted by Crippen LogP contribution is 2.05. The first-order valence-corrected chi connectivity index (χ1v) is 6.32. The first-order valence-electron chi connectivity index (χ1n) is 6.32. The molecule has 0 radical (unpaired) electrons. The van der Waals surface area contributed by atoms with E-state index >= 15 is 0 Å². The van der Waals surface area contributed by atoms with Gasteiger partial charge in [-0.3, -0.25) is 9.59 Å². The van der Waals surface area contributed by atoms with Gasteiger partial charge in [0.15, 0.2) is 0 Å². The number of allylic oxidation sites excluding steroid dienone is 3. The molecule has 0 aliphatic heterocycles. The Morgan fingerprint density at radius 3 is 2.17 bits per heavy atom. The van der Waals surface area contributed by atoms with E-state index in [0.717, 1.165) is 12.8 Å². The van der Waals surface area contributed by atoms with Gasteiger partial charge in [0.25, 0.3) is 0 Å². The molecule has 0 heterocycles. The number of amides is 2. The lowest BCUT2D eigenvalue weighted by Crippen LogP contribution is -2.39. The molecule has 18 heavy (non-hydrogen) atoms. The Labute approximate surface area is 110 Å². The fourth-order valence-corrected chi connectivity index (χ4v) is 1.33. The molecule has 0 aromatic heterocycles. The monoisotopic (exact) mass is 252 g/mol. The number of carbonyl (C=O) groups is 2. The fraction of sp³-hybridized carbons (Fsp3) is 0.571. The van der Waals surface area contributed by atoms with E-state index < -0.39 is 11.8 Å². The van der Waals surface area contributed by atoms with Crippen molar-refractivity contribution in [2.45, 2.75) is 40.5 Å². The summed E-state index contributed by atoms with van der Waals surface area (Å²) in [4.78, 5) is 22.4. The van der Waals surface area contributed by atoms with Crippen LogP contribution in [0.3, 0.4) is 0 Å². The minimum Gasteiger partial charge on any atom is -0.348 e. The van der Waals surface area contributed by atoms with E-state index in [-0.39, 0.29) is 0 Å². The Morgan fingerprint density at radius 2 is 1.61 bits per heavy atom. The van der Waals surface area contributed by atoms with Crippen molar-refractivity contribution in [3.63, 3.8) is 0 Å². The lowest BCUT2D eigenvalue weighted by Gasteiger charge is -2.03. The van der Waals surface area contributed by atoms with Crippen LogP contribution in [0.1, 0.15) is 40.5 Å². The molecule has 0 saturated carbocycles. The summed E-state index contributed by atoms with van der Waals surface area (Å²) in [5.41, 5.74) is 2.52. The molecular weight excluding hydrogens is 228 g/mol. The van der Waals surface area contributed by atoms with Crippen molar-refractivity contribution in [1.29, 1.82) is 0 Å². The highest BCUT2D eigenvalue weighted by molar-refractivity contribution is 6.35. The maximum atomic E-state index is 11.3. The Hall–Kier alpha value is -1.58. The van der Waals surface area contributed by atoms with E-state index in [1.54, 1.807) is 6.92 Å². The van der Waals surface area contributed by atoms with Crippen molar-refractivity contribution in [2.75, 3.05) is 13.1 Å². The molecular formula is C14H24N2O2. The second-order valence-electron chi connectivity index (χ2n) is 4.44. The van der Waals surface area contributed by atoms with Crippen molar-refractivity contribution in [2.24, 2.45) is 0 Å². The average molecular weight is 252 g/mol. The van der Waals surface area contributed by atoms with Gasteiger partial charge in [0, 0.05) is 13.1 Å². The zero-order chi connectivity index (χ0) is 14.0. The van der Waals surface area contributed by atoms with E-state index in [1.165, 1.54) is 11.1 Å². The molecule has 2 amide bonds. The summed E-state index contributed by atoms with van der Waals surface area (Å²) in [6, 6.07) is 0. The van der Waals surface area contributed by atoms with Crippen LogP contribution in [0.4, 0.5) is 0 Å². The lowest BCUT2D eigenvalue weighted by atomic mass is 10.1. The lowest BCUT2D eigenvalue weighted by molar-refractivity contribution is -0.139. The predicted molar refractivity (Wildman–Crippen MR) is 74.1 cm³/mol. The number of nitrogens with one attached hydrogen (secondary N) is 2. The average Bonchev–Trinajstić information content (AvgIpc) is 2.28. The van der Waals surface area contributed by atoms with Gasteiger partial charge in [0.1, 0.15) is 0 Å². The minimum atomic E-state index is -0.579. The SMILES string of the molecule is CCNC(=O)C(=O)NCC=C(C)CCC=C(C)C. The van der Waals surface area contributed by atoms with Crippen molar-refractivity contribution in [3.05, 3.63) is 23.3 Å².